The molecule has 3 heterocycles. The zero-order valence-corrected chi connectivity index (χ0v) is 17.3. The van der Waals surface area contributed by atoms with Crippen molar-refractivity contribution in [3.8, 4) is 0 Å². The Labute approximate surface area is 169 Å². The molecular formula is C19H22N6O3S. The van der Waals surface area contributed by atoms with E-state index in [0.29, 0.717) is 5.78 Å². The highest BCUT2D eigenvalue weighted by Crippen LogP contribution is 2.21. The molecule has 152 valence electrons. The zero-order chi connectivity index (χ0) is 20.8. The molecule has 2 aromatic heterocycles. The molecule has 1 aliphatic heterocycles. The van der Waals surface area contributed by atoms with Gasteiger partial charge in [0.05, 0.1) is 4.90 Å². The second-order valence-electron chi connectivity index (χ2n) is 7.18. The van der Waals surface area contributed by atoms with Crippen LogP contribution in [0.3, 0.4) is 0 Å². The van der Waals surface area contributed by atoms with E-state index in [4.69, 9.17) is 0 Å². The summed E-state index contributed by atoms with van der Waals surface area (Å²) >= 11 is 0. The summed E-state index contributed by atoms with van der Waals surface area (Å²) in [5.41, 5.74) is 2.80. The minimum atomic E-state index is -3.59. The summed E-state index contributed by atoms with van der Waals surface area (Å²) in [7, 11) is -3.59. The number of hydrogen-bond acceptors (Lipinski definition) is 6. The van der Waals surface area contributed by atoms with Crippen molar-refractivity contribution in [2.75, 3.05) is 26.2 Å². The van der Waals surface area contributed by atoms with E-state index >= 15 is 0 Å². The van der Waals surface area contributed by atoms with E-state index in [1.165, 1.54) is 8.82 Å². The van der Waals surface area contributed by atoms with E-state index in [1.807, 2.05) is 26.8 Å². The highest BCUT2D eigenvalue weighted by atomic mass is 32.2. The molecule has 0 saturated carbocycles. The Morgan fingerprint density at radius 2 is 1.72 bits per heavy atom. The molecule has 4 rings (SSSR count). The molecule has 29 heavy (non-hydrogen) atoms. The normalized spacial score (nSPS) is 15.8. The molecule has 0 aliphatic carbocycles. The van der Waals surface area contributed by atoms with Crippen molar-refractivity contribution in [1.29, 1.82) is 0 Å². The number of fused-ring (bicyclic) bond motifs is 1. The Kier molecular flexibility index (Phi) is 4.83. The lowest BCUT2D eigenvalue weighted by Gasteiger charge is -2.33. The van der Waals surface area contributed by atoms with E-state index < -0.39 is 10.0 Å². The van der Waals surface area contributed by atoms with Crippen LogP contribution in [0.15, 0.2) is 35.4 Å². The monoisotopic (exact) mass is 414 g/mol. The SMILES string of the molecule is Cc1ccc(S(=O)(=O)N2CCN(C(=O)c3nc4nccc(C)n4n3)CC2)cc1C. The molecule has 3 aromatic rings. The van der Waals surface area contributed by atoms with Crippen LogP contribution in [-0.4, -0.2) is 69.3 Å². The van der Waals surface area contributed by atoms with Crippen LogP contribution in [0.4, 0.5) is 0 Å². The lowest BCUT2D eigenvalue weighted by Crippen LogP contribution is -2.50. The van der Waals surface area contributed by atoms with Crippen molar-refractivity contribution in [3.63, 3.8) is 0 Å². The van der Waals surface area contributed by atoms with E-state index in [2.05, 4.69) is 15.1 Å². The Bertz CT molecular complexity index is 1200. The molecular weight excluding hydrogens is 392 g/mol. The molecule has 1 aromatic carbocycles. The molecule has 9 nitrogen and oxygen atoms in total. The van der Waals surface area contributed by atoms with E-state index in [-0.39, 0.29) is 42.8 Å². The van der Waals surface area contributed by atoms with Crippen molar-refractivity contribution in [2.24, 2.45) is 0 Å². The highest BCUT2D eigenvalue weighted by Gasteiger charge is 2.31. The van der Waals surface area contributed by atoms with Gasteiger partial charge in [-0.15, -0.1) is 5.10 Å². The third-order valence-electron chi connectivity index (χ3n) is 5.26. The molecule has 1 saturated heterocycles. The molecule has 0 atom stereocenters. The number of sulfonamides is 1. The molecule has 0 bridgehead atoms. The van der Waals surface area contributed by atoms with Gasteiger partial charge in [0, 0.05) is 38.1 Å². The fourth-order valence-electron chi connectivity index (χ4n) is 3.29. The smallest absolute Gasteiger partial charge is 0.293 e. The van der Waals surface area contributed by atoms with Crippen molar-refractivity contribution in [1.82, 2.24) is 28.8 Å². The number of carbonyl (C=O) groups is 1. The summed E-state index contributed by atoms with van der Waals surface area (Å²) in [5.74, 6) is 0.111. The summed E-state index contributed by atoms with van der Waals surface area (Å²) < 4.78 is 28.8. The second kappa shape index (κ2) is 7.20. The lowest BCUT2D eigenvalue weighted by atomic mass is 10.1. The van der Waals surface area contributed by atoms with Crippen LogP contribution in [0.1, 0.15) is 27.4 Å². The minimum Gasteiger partial charge on any atom is -0.333 e. The number of amides is 1. The number of rotatable bonds is 3. The highest BCUT2D eigenvalue weighted by molar-refractivity contribution is 7.89. The molecule has 0 spiro atoms. The summed E-state index contributed by atoms with van der Waals surface area (Å²) in [6.07, 6.45) is 1.62. The molecule has 0 radical (unpaired) electrons. The van der Waals surface area contributed by atoms with Crippen LogP contribution >= 0.6 is 0 Å². The Morgan fingerprint density at radius 1 is 1.00 bits per heavy atom. The van der Waals surface area contributed by atoms with Crippen molar-refractivity contribution < 1.29 is 13.2 Å². The maximum absolute atomic E-state index is 12.9. The van der Waals surface area contributed by atoms with Crippen LogP contribution in [0, 0.1) is 20.8 Å². The van der Waals surface area contributed by atoms with Gasteiger partial charge in [0.25, 0.3) is 11.7 Å². The summed E-state index contributed by atoms with van der Waals surface area (Å²) in [4.78, 5) is 23.0. The third-order valence-corrected chi connectivity index (χ3v) is 7.16. The maximum atomic E-state index is 12.9. The number of hydrogen-bond donors (Lipinski definition) is 0. The van der Waals surface area contributed by atoms with Gasteiger partial charge < -0.3 is 4.90 Å². The second-order valence-corrected chi connectivity index (χ2v) is 9.11. The number of carbonyl (C=O) groups excluding carboxylic acids is 1. The van der Waals surface area contributed by atoms with Gasteiger partial charge in [0.1, 0.15) is 0 Å². The largest absolute Gasteiger partial charge is 0.333 e. The lowest BCUT2D eigenvalue weighted by molar-refractivity contribution is 0.0686. The Hall–Kier alpha value is -2.85. The first-order valence-electron chi connectivity index (χ1n) is 9.32. The topological polar surface area (TPSA) is 101 Å². The van der Waals surface area contributed by atoms with Crippen molar-refractivity contribution >= 4 is 21.7 Å². The van der Waals surface area contributed by atoms with Gasteiger partial charge in [-0.05, 0) is 50.1 Å². The van der Waals surface area contributed by atoms with Gasteiger partial charge in [-0.3, -0.25) is 4.79 Å². The first kappa shape index (κ1) is 19.5. The minimum absolute atomic E-state index is 0.0669. The van der Waals surface area contributed by atoms with Gasteiger partial charge >= 0.3 is 0 Å². The number of aryl methyl sites for hydroxylation is 3. The fraction of sp³-hybridized carbons (Fsp3) is 0.368. The van der Waals surface area contributed by atoms with Crippen molar-refractivity contribution in [2.45, 2.75) is 25.7 Å². The molecule has 0 unspecified atom stereocenters. The fourth-order valence-corrected chi connectivity index (χ4v) is 4.80. The average molecular weight is 414 g/mol. The van der Waals surface area contributed by atoms with Crippen LogP contribution < -0.4 is 0 Å². The number of piperazine rings is 1. The van der Waals surface area contributed by atoms with Crippen LogP contribution in [0.2, 0.25) is 0 Å². The van der Waals surface area contributed by atoms with Gasteiger partial charge in [-0.1, -0.05) is 6.07 Å². The summed E-state index contributed by atoms with van der Waals surface area (Å²) in [6, 6.07) is 6.92. The summed E-state index contributed by atoms with van der Waals surface area (Å²) in [6.45, 7) is 6.71. The number of benzene rings is 1. The van der Waals surface area contributed by atoms with Crippen LogP contribution in [-0.2, 0) is 10.0 Å². The number of aromatic nitrogens is 4. The Balaban J connectivity index is 1.49. The van der Waals surface area contributed by atoms with Gasteiger partial charge in [-0.2, -0.15) is 9.29 Å². The van der Waals surface area contributed by atoms with E-state index in [0.717, 1.165) is 16.8 Å². The molecule has 10 heteroatoms. The van der Waals surface area contributed by atoms with Crippen LogP contribution in [0.25, 0.3) is 5.78 Å². The van der Waals surface area contributed by atoms with Crippen molar-refractivity contribution in [3.05, 3.63) is 53.1 Å². The standard InChI is InChI=1S/C19H22N6O3S/c1-13-4-5-16(12-14(13)2)29(27,28)24-10-8-23(9-11-24)18(26)17-21-19-20-7-6-15(3)25(19)22-17/h4-7,12H,8-11H2,1-3H3. The Morgan fingerprint density at radius 3 is 2.38 bits per heavy atom. The predicted octanol–water partition coefficient (Wildman–Crippen LogP) is 1.20. The predicted molar refractivity (Wildman–Crippen MR) is 106 cm³/mol. The van der Waals surface area contributed by atoms with E-state index in [9.17, 15) is 13.2 Å². The van der Waals surface area contributed by atoms with Gasteiger partial charge in [0.2, 0.25) is 15.8 Å². The first-order valence-corrected chi connectivity index (χ1v) is 10.8. The maximum Gasteiger partial charge on any atom is 0.293 e. The van der Waals surface area contributed by atoms with E-state index in [1.54, 1.807) is 29.3 Å². The first-order chi connectivity index (χ1) is 13.8. The van der Waals surface area contributed by atoms with Gasteiger partial charge in [0.15, 0.2) is 0 Å². The molecule has 1 fully saturated rings. The van der Waals surface area contributed by atoms with Gasteiger partial charge in [-0.25, -0.2) is 17.9 Å². The molecule has 1 amide bonds. The molecule has 0 N–H and O–H groups in total. The number of nitrogens with zero attached hydrogens (tertiary/aromatic N) is 6. The zero-order valence-electron chi connectivity index (χ0n) is 16.5. The molecule has 1 aliphatic rings. The third kappa shape index (κ3) is 3.49. The summed E-state index contributed by atoms with van der Waals surface area (Å²) in [5, 5.41) is 4.24. The average Bonchev–Trinajstić information content (AvgIpc) is 3.15. The quantitative estimate of drug-likeness (QED) is 0.638. The van der Waals surface area contributed by atoms with Crippen LogP contribution in [0.5, 0.6) is 0 Å².